The molecular weight excluding hydrogens is 683 g/mol. The van der Waals surface area contributed by atoms with Gasteiger partial charge in [-0.2, -0.15) is 9.97 Å². The van der Waals surface area contributed by atoms with Crippen LogP contribution in [-0.2, 0) is 0 Å². The van der Waals surface area contributed by atoms with Gasteiger partial charge in [0.15, 0.2) is 11.6 Å². The first-order chi connectivity index (χ1) is 37.8. The van der Waals surface area contributed by atoms with Gasteiger partial charge >= 0.3 is 0 Å². The second kappa shape index (κ2) is 13.0. The van der Waals surface area contributed by atoms with E-state index in [0.29, 0.717) is 5.56 Å². The van der Waals surface area contributed by atoms with E-state index in [-0.39, 0.29) is 33.0 Å². The van der Waals surface area contributed by atoms with Gasteiger partial charge in [-0.15, -0.1) is 0 Å². The van der Waals surface area contributed by atoms with Gasteiger partial charge in [-0.1, -0.05) is 163 Å². The van der Waals surface area contributed by atoms with E-state index in [9.17, 15) is 11.0 Å². The molecule has 3 aromatic heterocycles. The van der Waals surface area contributed by atoms with Crippen molar-refractivity contribution in [1.29, 1.82) is 0 Å². The molecule has 0 atom stereocenters. The Labute approximate surface area is 357 Å². The van der Waals surface area contributed by atoms with Crippen LogP contribution in [0.5, 0.6) is 0 Å². The lowest BCUT2D eigenvalue weighted by molar-refractivity contribution is 0.955. The summed E-state index contributed by atoms with van der Waals surface area (Å²) in [7, 11) is 0. The molecule has 56 heavy (non-hydrogen) atoms. The molecule has 0 amide bonds. The molecule has 0 unspecified atom stereocenters. The summed E-state index contributed by atoms with van der Waals surface area (Å²) < 4.78 is 218. The summed E-state index contributed by atoms with van der Waals surface area (Å²) in [5.41, 5.74) is -2.85. The topological polar surface area (TPSA) is 48.5 Å². The van der Waals surface area contributed by atoms with Crippen LogP contribution in [0.2, 0.25) is 0 Å². The fourth-order valence-corrected chi connectivity index (χ4v) is 6.74. The first-order valence-electron chi connectivity index (χ1n) is 28.9. The molecule has 0 aliphatic carbocycles. The second-order valence-corrected chi connectivity index (χ2v) is 12.3. The Hall–Kier alpha value is -7.63. The Morgan fingerprint density at radius 3 is 1.80 bits per heavy atom. The molecule has 5 nitrogen and oxygen atoms in total. The molecule has 11 rings (SSSR count). The Balaban J connectivity index is 1.41. The van der Waals surface area contributed by atoms with Crippen LogP contribution in [0.15, 0.2) is 200 Å². The van der Waals surface area contributed by atoms with Crippen molar-refractivity contribution < 1.29 is 32.9 Å². The zero-order valence-corrected chi connectivity index (χ0v) is 28.4. The third kappa shape index (κ3) is 5.21. The molecule has 0 aliphatic rings. The summed E-state index contributed by atoms with van der Waals surface area (Å²) in [6.45, 7) is 0. The number of hydrogen-bond donors (Lipinski definition) is 0. The van der Waals surface area contributed by atoms with E-state index in [1.54, 1.807) is 36.4 Å². The van der Waals surface area contributed by atoms with Crippen LogP contribution >= 0.6 is 0 Å². The van der Waals surface area contributed by atoms with Crippen molar-refractivity contribution in [3.63, 3.8) is 0 Å². The smallest absolute Gasteiger partial charge is 0.238 e. The molecular formula is C51H33N5. The second-order valence-electron chi connectivity index (χ2n) is 12.3. The number of rotatable bonds is 6. The predicted octanol–water partition coefficient (Wildman–Crippen LogP) is 12.7. The monoisotopic (exact) mass is 739 g/mol. The Morgan fingerprint density at radius 2 is 1.02 bits per heavy atom. The maximum atomic E-state index is 9.83. The fraction of sp³-hybridized carbons (Fsp3) is 0. The van der Waals surface area contributed by atoms with Crippen LogP contribution < -0.4 is 0 Å². The predicted molar refractivity (Wildman–Crippen MR) is 230 cm³/mol. The lowest BCUT2D eigenvalue weighted by atomic mass is 10.0. The first kappa shape index (κ1) is 16.0. The van der Waals surface area contributed by atoms with Gasteiger partial charge in [-0.3, -0.25) is 4.57 Å². The Bertz CT molecular complexity index is 4590. The highest BCUT2D eigenvalue weighted by Gasteiger charge is 2.23. The van der Waals surface area contributed by atoms with Crippen LogP contribution in [0, 0.1) is 0 Å². The van der Waals surface area contributed by atoms with Crippen molar-refractivity contribution in [3.8, 4) is 56.7 Å². The molecule has 0 bridgehead atoms. The van der Waals surface area contributed by atoms with Gasteiger partial charge in [-0.05, 0) is 58.6 Å². The zero-order chi connectivity index (χ0) is 57.9. The summed E-state index contributed by atoms with van der Waals surface area (Å²) in [6.07, 6.45) is 0. The van der Waals surface area contributed by atoms with Crippen molar-refractivity contribution in [3.05, 3.63) is 200 Å². The normalized spacial score (nSPS) is 17.6. The number of nitrogens with zero attached hydrogens (tertiary/aromatic N) is 5. The largest absolute Gasteiger partial charge is 0.309 e. The van der Waals surface area contributed by atoms with E-state index in [1.165, 1.54) is 4.57 Å². The molecule has 8 aromatic carbocycles. The third-order valence-electron chi connectivity index (χ3n) is 9.10. The summed E-state index contributed by atoms with van der Waals surface area (Å²) in [6, 6.07) is -4.26. The van der Waals surface area contributed by atoms with Gasteiger partial charge in [0, 0.05) is 38.4 Å². The van der Waals surface area contributed by atoms with Gasteiger partial charge in [-0.25, -0.2) is 4.98 Å². The van der Waals surface area contributed by atoms with E-state index < -0.39 is 201 Å². The molecule has 0 N–H and O–H groups in total. The van der Waals surface area contributed by atoms with Gasteiger partial charge in [0.25, 0.3) is 0 Å². The van der Waals surface area contributed by atoms with Crippen LogP contribution in [0.25, 0.3) is 100 Å². The van der Waals surface area contributed by atoms with Crippen LogP contribution in [0.1, 0.15) is 32.9 Å². The van der Waals surface area contributed by atoms with Gasteiger partial charge in [0.05, 0.1) is 55.0 Å². The molecule has 11 aromatic rings. The molecule has 0 saturated carbocycles. The minimum absolute atomic E-state index is 0.222. The summed E-state index contributed by atoms with van der Waals surface area (Å²) in [4.78, 5) is 13.7. The molecule has 5 heteroatoms. The minimum Gasteiger partial charge on any atom is -0.309 e. The number of para-hydroxylation sites is 2. The van der Waals surface area contributed by atoms with E-state index in [4.69, 9.17) is 21.9 Å². The maximum Gasteiger partial charge on any atom is 0.238 e. The van der Waals surface area contributed by atoms with Crippen molar-refractivity contribution in [2.24, 2.45) is 0 Å². The maximum absolute atomic E-state index is 9.83. The lowest BCUT2D eigenvalue weighted by Gasteiger charge is -2.12. The van der Waals surface area contributed by atoms with E-state index in [1.807, 2.05) is 18.2 Å². The molecule has 0 spiro atoms. The SMILES string of the molecule is [2H]c1c([2H])c([2H])c(-c2nc(-c3c([2H])c([2H])c([2H])c(-c4c([2H])c([2H])c([2H])c([2H])c4[2H])c3[2H])nc(-n3c4c([2H])c([2H])c([2H])c([2H])c4c4c([2H])c([2H])c5c(c6c([2H])c([2H])c([2H])c([2H])c6n5-c5cccc(-c6ccccc6)c5)c43)n2)c([2H])c1[2H]. The van der Waals surface area contributed by atoms with Crippen LogP contribution in [0.4, 0.5) is 0 Å². The number of hydrogen-bond acceptors (Lipinski definition) is 3. The average molecular weight is 740 g/mol. The highest BCUT2D eigenvalue weighted by atomic mass is 15.2. The number of benzene rings is 8. The quantitative estimate of drug-likeness (QED) is 0.171. The summed E-state index contributed by atoms with van der Waals surface area (Å²) in [5.74, 6) is -2.52. The highest BCUT2D eigenvalue weighted by molar-refractivity contribution is 6.26. The third-order valence-corrected chi connectivity index (χ3v) is 9.10. The van der Waals surface area contributed by atoms with Crippen LogP contribution in [-0.4, -0.2) is 24.1 Å². The van der Waals surface area contributed by atoms with Crippen molar-refractivity contribution in [2.75, 3.05) is 0 Å². The van der Waals surface area contributed by atoms with Crippen LogP contribution in [0.3, 0.4) is 0 Å². The van der Waals surface area contributed by atoms with E-state index in [2.05, 4.69) is 15.0 Å². The minimum atomic E-state index is -0.989. The zero-order valence-electron chi connectivity index (χ0n) is 52.4. The summed E-state index contributed by atoms with van der Waals surface area (Å²) >= 11 is 0. The molecule has 262 valence electrons. The molecule has 0 aliphatic heterocycles. The standard InChI is InChI=1S/C51H33N5/c1-4-16-34(17-5-1)37-22-14-24-39(32-37)50-52-49(36-20-8-3-9-21-36)53-51(54-50)56-44-28-12-10-26-41(44)42-30-31-46-47(48(42)56)43-27-11-13-29-45(43)55(46)40-25-15-23-38(33-40)35-18-6-2-7-19-35/h1-33H/i1D,3D,4D,5D,8D,9D,10D,11D,12D,13D,14D,16D,17D,20D,21D,22D,24D,26D,27D,28D,29D,30D,31D,32D. The van der Waals surface area contributed by atoms with Gasteiger partial charge in [0.1, 0.15) is 0 Å². The fourth-order valence-electron chi connectivity index (χ4n) is 6.74. The summed E-state index contributed by atoms with van der Waals surface area (Å²) in [5, 5.41) is -1.39. The number of fused-ring (bicyclic) bond motifs is 7. The van der Waals surface area contributed by atoms with Crippen molar-refractivity contribution >= 4 is 43.6 Å². The van der Waals surface area contributed by atoms with Gasteiger partial charge in [0.2, 0.25) is 5.95 Å². The molecule has 0 radical (unpaired) electrons. The first-order valence-corrected chi connectivity index (χ1v) is 16.9. The van der Waals surface area contributed by atoms with E-state index >= 15 is 0 Å². The Kier molecular flexibility index (Phi) is 3.73. The van der Waals surface area contributed by atoms with Crippen molar-refractivity contribution in [1.82, 2.24) is 24.1 Å². The molecule has 3 heterocycles. The van der Waals surface area contributed by atoms with E-state index in [0.717, 1.165) is 10.1 Å². The molecule has 0 saturated heterocycles. The van der Waals surface area contributed by atoms with Crippen molar-refractivity contribution in [2.45, 2.75) is 0 Å². The molecule has 0 fully saturated rings. The Morgan fingerprint density at radius 1 is 0.393 bits per heavy atom. The highest BCUT2D eigenvalue weighted by Crippen LogP contribution is 2.42. The average Bonchev–Trinajstić information content (AvgIpc) is 3.42. The number of aromatic nitrogens is 5. The lowest BCUT2D eigenvalue weighted by Crippen LogP contribution is -2.06. The van der Waals surface area contributed by atoms with Gasteiger partial charge < -0.3 is 4.57 Å².